The van der Waals surface area contributed by atoms with Gasteiger partial charge >= 0.3 is 0 Å². The van der Waals surface area contributed by atoms with Gasteiger partial charge in [0.15, 0.2) is 0 Å². The quantitative estimate of drug-likeness (QED) is 0.890. The molecule has 0 aliphatic heterocycles. The molecule has 0 amide bonds. The molecule has 0 unspecified atom stereocenters. The van der Waals surface area contributed by atoms with Crippen LogP contribution in [0.5, 0.6) is 0 Å². The zero-order valence-electron chi connectivity index (χ0n) is 11.7. The van der Waals surface area contributed by atoms with Crippen LogP contribution in [0.25, 0.3) is 11.4 Å². The molecule has 1 heterocycles. The predicted octanol–water partition coefficient (Wildman–Crippen LogP) is 2.72. The van der Waals surface area contributed by atoms with Gasteiger partial charge in [0.1, 0.15) is 5.82 Å². The van der Waals surface area contributed by atoms with E-state index in [1.165, 1.54) is 0 Å². The maximum Gasteiger partial charge on any atom is 0.229 e. The van der Waals surface area contributed by atoms with Crippen molar-refractivity contribution >= 4 is 15.7 Å². The fourth-order valence-corrected chi connectivity index (χ4v) is 2.57. The molecule has 6 heteroatoms. The van der Waals surface area contributed by atoms with Gasteiger partial charge in [-0.05, 0) is 18.6 Å². The molecule has 108 valence electrons. The third kappa shape index (κ3) is 3.84. The van der Waals surface area contributed by atoms with Crippen molar-refractivity contribution in [3.63, 3.8) is 0 Å². The standard InChI is InChI=1S/C14H19N3O2S/c1-3-4-9-17-10-8-15-14(17)12-6-5-7-13(11-12)16-20(2,18)19/h5-8,10-11,16H,3-4,9H2,1-2H3. The van der Waals surface area contributed by atoms with Crippen LogP contribution in [-0.2, 0) is 16.6 Å². The maximum absolute atomic E-state index is 11.3. The number of unbranched alkanes of at least 4 members (excludes halogenated alkanes) is 1. The van der Waals surface area contributed by atoms with Gasteiger partial charge in [0, 0.05) is 30.2 Å². The lowest BCUT2D eigenvalue weighted by Gasteiger charge is -2.09. The Balaban J connectivity index is 2.29. The van der Waals surface area contributed by atoms with E-state index < -0.39 is 10.0 Å². The molecule has 0 saturated carbocycles. The first-order chi connectivity index (χ1) is 9.49. The van der Waals surface area contributed by atoms with Crippen LogP contribution < -0.4 is 4.72 Å². The first kappa shape index (κ1) is 14.6. The van der Waals surface area contributed by atoms with E-state index in [0.29, 0.717) is 5.69 Å². The normalized spacial score (nSPS) is 11.5. The monoisotopic (exact) mass is 293 g/mol. The Bertz CT molecular complexity index is 677. The molecule has 5 nitrogen and oxygen atoms in total. The molecule has 1 aromatic carbocycles. The number of imidazole rings is 1. The Morgan fingerprint density at radius 3 is 2.85 bits per heavy atom. The molecule has 0 aliphatic rings. The highest BCUT2D eigenvalue weighted by Gasteiger charge is 2.08. The summed E-state index contributed by atoms with van der Waals surface area (Å²) in [6, 6.07) is 7.27. The van der Waals surface area contributed by atoms with Gasteiger partial charge in [-0.2, -0.15) is 0 Å². The number of nitrogens with zero attached hydrogens (tertiary/aromatic N) is 2. The third-order valence-corrected chi connectivity index (χ3v) is 3.50. The molecule has 0 aliphatic carbocycles. The van der Waals surface area contributed by atoms with Crippen LogP contribution in [0.15, 0.2) is 36.7 Å². The van der Waals surface area contributed by atoms with E-state index in [9.17, 15) is 8.42 Å². The van der Waals surface area contributed by atoms with E-state index in [-0.39, 0.29) is 0 Å². The minimum Gasteiger partial charge on any atom is -0.331 e. The molecule has 0 spiro atoms. The molecule has 0 bridgehead atoms. The molecule has 1 aromatic heterocycles. The van der Waals surface area contributed by atoms with Crippen LogP contribution in [-0.4, -0.2) is 24.2 Å². The van der Waals surface area contributed by atoms with Crippen LogP contribution in [0.2, 0.25) is 0 Å². The molecule has 0 radical (unpaired) electrons. The van der Waals surface area contributed by atoms with E-state index in [0.717, 1.165) is 37.0 Å². The second kappa shape index (κ2) is 6.09. The molecule has 0 atom stereocenters. The molecular weight excluding hydrogens is 274 g/mol. The number of aryl methyl sites for hydroxylation is 1. The molecule has 2 aromatic rings. The van der Waals surface area contributed by atoms with Crippen LogP contribution in [0.4, 0.5) is 5.69 Å². The zero-order chi connectivity index (χ0) is 14.6. The minimum atomic E-state index is -3.26. The van der Waals surface area contributed by atoms with E-state index in [1.54, 1.807) is 18.3 Å². The summed E-state index contributed by atoms with van der Waals surface area (Å²) in [5.41, 5.74) is 1.45. The van der Waals surface area contributed by atoms with Crippen LogP contribution in [0, 0.1) is 0 Å². The smallest absolute Gasteiger partial charge is 0.229 e. The van der Waals surface area contributed by atoms with Crippen molar-refractivity contribution in [3.05, 3.63) is 36.7 Å². The highest BCUT2D eigenvalue weighted by atomic mass is 32.2. The summed E-state index contributed by atoms with van der Waals surface area (Å²) in [7, 11) is -3.26. The number of sulfonamides is 1. The molecule has 0 saturated heterocycles. The van der Waals surface area contributed by atoms with Crippen molar-refractivity contribution in [1.82, 2.24) is 9.55 Å². The molecule has 20 heavy (non-hydrogen) atoms. The first-order valence-electron chi connectivity index (χ1n) is 6.59. The zero-order valence-corrected chi connectivity index (χ0v) is 12.5. The summed E-state index contributed by atoms with van der Waals surface area (Å²) in [6.07, 6.45) is 7.06. The fourth-order valence-electron chi connectivity index (χ4n) is 2.01. The summed E-state index contributed by atoms with van der Waals surface area (Å²) in [5.74, 6) is 0.857. The second-order valence-corrected chi connectivity index (χ2v) is 6.50. The lowest BCUT2D eigenvalue weighted by Crippen LogP contribution is -2.09. The Hall–Kier alpha value is -1.82. The van der Waals surface area contributed by atoms with Crippen LogP contribution >= 0.6 is 0 Å². The van der Waals surface area contributed by atoms with Crippen molar-refractivity contribution in [2.75, 3.05) is 11.0 Å². The topological polar surface area (TPSA) is 64.0 Å². The van der Waals surface area contributed by atoms with Gasteiger partial charge in [-0.3, -0.25) is 4.72 Å². The van der Waals surface area contributed by atoms with E-state index in [2.05, 4.69) is 21.2 Å². The predicted molar refractivity (Wildman–Crippen MR) is 81.0 cm³/mol. The van der Waals surface area contributed by atoms with Crippen molar-refractivity contribution in [3.8, 4) is 11.4 Å². The summed E-state index contributed by atoms with van der Waals surface area (Å²) in [5, 5.41) is 0. The van der Waals surface area contributed by atoms with E-state index >= 15 is 0 Å². The largest absolute Gasteiger partial charge is 0.331 e. The number of hydrogen-bond donors (Lipinski definition) is 1. The summed E-state index contributed by atoms with van der Waals surface area (Å²) in [4.78, 5) is 4.36. The number of anilines is 1. The number of nitrogens with one attached hydrogen (secondary N) is 1. The summed E-state index contributed by atoms with van der Waals surface area (Å²) >= 11 is 0. The first-order valence-corrected chi connectivity index (χ1v) is 8.48. The van der Waals surface area contributed by atoms with Gasteiger partial charge < -0.3 is 4.57 Å². The lowest BCUT2D eigenvalue weighted by atomic mass is 10.2. The van der Waals surface area contributed by atoms with Crippen molar-refractivity contribution in [1.29, 1.82) is 0 Å². The fraction of sp³-hybridized carbons (Fsp3) is 0.357. The number of hydrogen-bond acceptors (Lipinski definition) is 3. The molecule has 1 N–H and O–H groups in total. The summed E-state index contributed by atoms with van der Waals surface area (Å²) < 4.78 is 27.1. The Labute approximate surface area is 119 Å². The van der Waals surface area contributed by atoms with Crippen LogP contribution in [0.1, 0.15) is 19.8 Å². The number of benzene rings is 1. The van der Waals surface area contributed by atoms with Gasteiger partial charge in [-0.1, -0.05) is 25.5 Å². The van der Waals surface area contributed by atoms with Gasteiger partial charge in [0.2, 0.25) is 10.0 Å². The minimum absolute atomic E-state index is 0.551. The Kier molecular flexibility index (Phi) is 4.44. The van der Waals surface area contributed by atoms with Crippen molar-refractivity contribution in [2.24, 2.45) is 0 Å². The lowest BCUT2D eigenvalue weighted by molar-refractivity contribution is 0.607. The highest BCUT2D eigenvalue weighted by molar-refractivity contribution is 7.92. The van der Waals surface area contributed by atoms with E-state index in [1.807, 2.05) is 18.3 Å². The van der Waals surface area contributed by atoms with Crippen LogP contribution in [0.3, 0.4) is 0 Å². The van der Waals surface area contributed by atoms with Crippen molar-refractivity contribution < 1.29 is 8.42 Å². The number of rotatable bonds is 6. The average Bonchev–Trinajstić information content (AvgIpc) is 2.83. The van der Waals surface area contributed by atoms with Gasteiger partial charge in [0.25, 0.3) is 0 Å². The van der Waals surface area contributed by atoms with Gasteiger partial charge in [0.05, 0.1) is 6.26 Å². The van der Waals surface area contributed by atoms with E-state index in [4.69, 9.17) is 0 Å². The molecule has 2 rings (SSSR count). The Morgan fingerprint density at radius 1 is 1.35 bits per heavy atom. The highest BCUT2D eigenvalue weighted by Crippen LogP contribution is 2.22. The average molecular weight is 293 g/mol. The Morgan fingerprint density at radius 2 is 2.15 bits per heavy atom. The van der Waals surface area contributed by atoms with Gasteiger partial charge in [-0.15, -0.1) is 0 Å². The summed E-state index contributed by atoms with van der Waals surface area (Å²) in [6.45, 7) is 3.06. The SMILES string of the molecule is CCCCn1ccnc1-c1cccc(NS(C)(=O)=O)c1. The maximum atomic E-state index is 11.3. The van der Waals surface area contributed by atoms with Crippen molar-refractivity contribution in [2.45, 2.75) is 26.3 Å². The molecular formula is C14H19N3O2S. The van der Waals surface area contributed by atoms with Gasteiger partial charge in [-0.25, -0.2) is 13.4 Å². The third-order valence-electron chi connectivity index (χ3n) is 2.89. The number of aromatic nitrogens is 2. The second-order valence-electron chi connectivity index (χ2n) is 4.75. The molecule has 0 fully saturated rings.